The molecule has 0 aromatic heterocycles. The van der Waals surface area contributed by atoms with Crippen LogP contribution < -0.4 is 5.43 Å². The summed E-state index contributed by atoms with van der Waals surface area (Å²) in [6.45, 7) is 0. The van der Waals surface area contributed by atoms with Gasteiger partial charge in [0.2, 0.25) is 5.43 Å². The molecule has 0 unspecified atom stereocenters. The van der Waals surface area contributed by atoms with Gasteiger partial charge in [-0.15, -0.1) is 0 Å². The molecule has 10 heteroatoms. The number of aromatic hydroxyl groups is 1. The van der Waals surface area contributed by atoms with Crippen LogP contribution in [-0.4, -0.2) is 69.6 Å². The summed E-state index contributed by atoms with van der Waals surface area (Å²) in [6, 6.07) is 10.4. The van der Waals surface area contributed by atoms with Crippen molar-refractivity contribution in [2.24, 2.45) is 0 Å². The summed E-state index contributed by atoms with van der Waals surface area (Å²) in [5.74, 6) is -0.260. The number of hydrogen-bond donors (Lipinski definition) is 1. The monoisotopic (exact) mass is 697 g/mol. The van der Waals surface area contributed by atoms with Gasteiger partial charge in [-0.1, -0.05) is 18.2 Å². The van der Waals surface area contributed by atoms with Gasteiger partial charge in [0.05, 0.1) is 21.6 Å². The van der Waals surface area contributed by atoms with Crippen LogP contribution in [0.2, 0.25) is 0 Å². The first-order valence-electron chi connectivity index (χ1n) is 8.39. The molecular formula is C21H10Br4KO5. The SMILES string of the molecule is COC(=O)c1ccccc1-c1c2cc(Br)c(=O)c(Br)c-2oc2c(Br)c(O)c(Br)cc12.[K]. The molecule has 2 aliphatic rings. The topological polar surface area (TPSA) is 76.7 Å². The maximum Gasteiger partial charge on any atom is 0.338 e. The number of methoxy groups -OCH3 is 1. The van der Waals surface area contributed by atoms with Crippen molar-refractivity contribution in [2.45, 2.75) is 0 Å². The first-order chi connectivity index (χ1) is 14.3. The van der Waals surface area contributed by atoms with Gasteiger partial charge in [0.25, 0.3) is 0 Å². The molecule has 1 aliphatic heterocycles. The van der Waals surface area contributed by atoms with Crippen molar-refractivity contribution in [2.75, 3.05) is 7.11 Å². The molecule has 2 aromatic carbocycles. The van der Waals surface area contributed by atoms with Crippen molar-refractivity contribution in [3.63, 3.8) is 0 Å². The zero-order valence-corrected chi connectivity index (χ0v) is 25.5. The largest absolute Gasteiger partial charge is 0.505 e. The molecule has 1 heterocycles. The fourth-order valence-corrected chi connectivity index (χ4v) is 5.68. The third kappa shape index (κ3) is 4.40. The molecule has 31 heavy (non-hydrogen) atoms. The Morgan fingerprint density at radius 2 is 1.68 bits per heavy atom. The molecule has 0 bridgehead atoms. The molecule has 0 amide bonds. The van der Waals surface area contributed by atoms with E-state index in [0.717, 1.165) is 0 Å². The van der Waals surface area contributed by atoms with Crippen molar-refractivity contribution in [1.29, 1.82) is 0 Å². The second-order valence-electron chi connectivity index (χ2n) is 6.29. The van der Waals surface area contributed by atoms with Crippen LogP contribution in [0.15, 0.2) is 63.5 Å². The number of halogens is 4. The normalized spacial score (nSPS) is 10.9. The molecule has 1 radical (unpaired) electrons. The Morgan fingerprint density at radius 1 is 1.00 bits per heavy atom. The summed E-state index contributed by atoms with van der Waals surface area (Å²) < 4.78 is 12.3. The fraction of sp³-hybridized carbons (Fsp3) is 0.0476. The van der Waals surface area contributed by atoms with E-state index in [-0.39, 0.29) is 72.8 Å². The van der Waals surface area contributed by atoms with Crippen LogP contribution >= 0.6 is 63.7 Å². The van der Waals surface area contributed by atoms with E-state index >= 15 is 0 Å². The number of phenols is 1. The van der Waals surface area contributed by atoms with Gasteiger partial charge in [0.15, 0.2) is 11.3 Å². The molecule has 5 nitrogen and oxygen atoms in total. The van der Waals surface area contributed by atoms with E-state index in [0.29, 0.717) is 46.6 Å². The van der Waals surface area contributed by atoms with Crippen LogP contribution in [-0.2, 0) is 4.74 Å². The van der Waals surface area contributed by atoms with E-state index in [1.165, 1.54) is 7.11 Å². The summed E-state index contributed by atoms with van der Waals surface area (Å²) >= 11 is 13.4. The van der Waals surface area contributed by atoms with Crippen molar-refractivity contribution < 1.29 is 19.1 Å². The molecule has 1 aliphatic carbocycles. The Balaban J connectivity index is 0.00000272. The number of carbonyl (C=O) groups excluding carboxylic acids is 1. The molecule has 0 saturated carbocycles. The molecule has 1 N–H and O–H groups in total. The molecule has 0 spiro atoms. The number of benzene rings is 3. The zero-order valence-electron chi connectivity index (χ0n) is 16.1. The number of ether oxygens (including phenoxy) is 1. The maximum absolute atomic E-state index is 12.5. The Morgan fingerprint density at radius 3 is 2.35 bits per heavy atom. The van der Waals surface area contributed by atoms with Crippen molar-refractivity contribution >= 4 is 132 Å². The first kappa shape index (κ1) is 25.6. The summed E-state index contributed by atoms with van der Waals surface area (Å²) in [5, 5.41) is 11.0. The Hall–Kier alpha value is -0.0436. The maximum atomic E-state index is 12.5. The molecule has 153 valence electrons. The Bertz CT molecular complexity index is 1380. The van der Waals surface area contributed by atoms with Gasteiger partial charge in [-0.05, 0) is 87.5 Å². The summed E-state index contributed by atoms with van der Waals surface area (Å²) in [4.78, 5) is 25.0. The molecule has 0 atom stereocenters. The van der Waals surface area contributed by atoms with Gasteiger partial charge in [-0.25, -0.2) is 4.79 Å². The third-order valence-electron chi connectivity index (χ3n) is 4.62. The number of rotatable bonds is 2. The van der Waals surface area contributed by atoms with Crippen molar-refractivity contribution in [3.05, 3.63) is 70.1 Å². The molecule has 2 aromatic rings. The van der Waals surface area contributed by atoms with Crippen molar-refractivity contribution in [3.8, 4) is 28.2 Å². The van der Waals surface area contributed by atoms with Gasteiger partial charge in [0.1, 0.15) is 14.7 Å². The molecular weight excluding hydrogens is 691 g/mol. The van der Waals surface area contributed by atoms with Gasteiger partial charge >= 0.3 is 5.97 Å². The zero-order chi connectivity index (χ0) is 21.7. The predicted molar refractivity (Wildman–Crippen MR) is 134 cm³/mol. The molecule has 0 saturated heterocycles. The summed E-state index contributed by atoms with van der Waals surface area (Å²) in [5.41, 5.74) is 2.23. The van der Waals surface area contributed by atoms with Gasteiger partial charge < -0.3 is 14.3 Å². The molecule has 0 fully saturated rings. The Labute approximate surface area is 252 Å². The second kappa shape index (κ2) is 10.1. The van der Waals surface area contributed by atoms with Crippen molar-refractivity contribution in [1.82, 2.24) is 0 Å². The van der Waals surface area contributed by atoms with Gasteiger partial charge in [-0.2, -0.15) is 0 Å². The quantitative estimate of drug-likeness (QED) is 0.143. The summed E-state index contributed by atoms with van der Waals surface area (Å²) in [7, 11) is 1.32. The first-order valence-corrected chi connectivity index (χ1v) is 11.6. The van der Waals surface area contributed by atoms with E-state index in [1.807, 2.05) is 0 Å². The minimum atomic E-state index is -0.497. The summed E-state index contributed by atoms with van der Waals surface area (Å²) in [6.07, 6.45) is 0. The van der Waals surface area contributed by atoms with E-state index in [2.05, 4.69) is 63.7 Å². The smallest absolute Gasteiger partial charge is 0.338 e. The van der Waals surface area contributed by atoms with Crippen LogP contribution in [0.1, 0.15) is 10.4 Å². The van der Waals surface area contributed by atoms with Crippen LogP contribution in [0.5, 0.6) is 5.75 Å². The van der Waals surface area contributed by atoms with Crippen LogP contribution in [0.4, 0.5) is 0 Å². The Kier molecular flexibility index (Phi) is 8.30. The number of fused-ring (bicyclic) bond motifs is 2. The van der Waals surface area contributed by atoms with Crippen LogP contribution in [0.3, 0.4) is 0 Å². The van der Waals surface area contributed by atoms with E-state index in [9.17, 15) is 14.7 Å². The standard InChI is InChI=1S/C21H10Br4O5.K/c1-29-21(28)9-5-3-2-4-8(9)14-10-6-12(22)17(26)15(24)19(10)30-20-11(14)7-13(23)18(27)16(20)25;/h2-7,26H,1H3;. The van der Waals surface area contributed by atoms with Gasteiger partial charge in [-0.3, -0.25) is 4.79 Å². The molecule has 4 rings (SSSR count). The number of carbonyl (C=O) groups is 1. The number of esters is 1. The second-order valence-corrected chi connectivity index (χ2v) is 9.58. The van der Waals surface area contributed by atoms with E-state index in [4.69, 9.17) is 9.15 Å². The fourth-order valence-electron chi connectivity index (χ4n) is 3.27. The van der Waals surface area contributed by atoms with E-state index < -0.39 is 5.97 Å². The predicted octanol–water partition coefficient (Wildman–Crippen LogP) is 6.73. The number of phenolic OH excluding ortho intramolecular Hbond substituents is 1. The van der Waals surface area contributed by atoms with Gasteiger partial charge in [0, 0.05) is 67.9 Å². The average molecular weight is 701 g/mol. The minimum Gasteiger partial charge on any atom is -0.505 e. The van der Waals surface area contributed by atoms with Crippen LogP contribution in [0, 0.1) is 0 Å². The van der Waals surface area contributed by atoms with Crippen LogP contribution in [0.25, 0.3) is 33.4 Å². The average Bonchev–Trinajstić information content (AvgIpc) is 2.75. The number of hydrogen-bond acceptors (Lipinski definition) is 5. The third-order valence-corrected chi connectivity index (χ3v) is 7.27. The van der Waals surface area contributed by atoms with E-state index in [1.54, 1.807) is 36.4 Å². The minimum absolute atomic E-state index is 0.